The molecule has 2 aromatic rings. The molecule has 0 aliphatic carbocycles. The zero-order chi connectivity index (χ0) is 16.5. The van der Waals surface area contributed by atoms with E-state index in [4.69, 9.17) is 5.73 Å². The van der Waals surface area contributed by atoms with Crippen molar-refractivity contribution in [1.29, 1.82) is 0 Å². The molecule has 0 fully saturated rings. The van der Waals surface area contributed by atoms with Gasteiger partial charge in [-0.25, -0.2) is 0 Å². The zero-order valence-corrected chi connectivity index (χ0v) is 13.0. The zero-order valence-electron chi connectivity index (χ0n) is 13.0. The van der Waals surface area contributed by atoms with E-state index in [0.717, 1.165) is 12.0 Å². The van der Waals surface area contributed by atoms with Gasteiger partial charge < -0.3 is 16.2 Å². The van der Waals surface area contributed by atoms with Crippen LogP contribution in [0.3, 0.4) is 0 Å². The van der Waals surface area contributed by atoms with Gasteiger partial charge >= 0.3 is 0 Å². The summed E-state index contributed by atoms with van der Waals surface area (Å²) in [6, 6.07) is 13.6. The maximum atomic E-state index is 11.3. The quantitative estimate of drug-likeness (QED) is 0.605. The Hall–Kier alpha value is -2.24. The minimum Gasteiger partial charge on any atom is -0.391 e. The summed E-state index contributed by atoms with van der Waals surface area (Å²) in [5.74, 6) is -0.517. The van der Waals surface area contributed by atoms with Crippen molar-refractivity contribution >= 4 is 5.91 Å². The predicted molar refractivity (Wildman–Crippen MR) is 89.8 cm³/mol. The Kier molecular flexibility index (Phi) is 6.72. The fourth-order valence-electron chi connectivity index (χ4n) is 2.30. The standard InChI is InChI=1S/C18H22N3O2/c19-18(23)17-15(7-4-11-21-17)10-12-20-13-16(22)9-8-14-5-2-1-3-6-14/h1-7,9,11,16,20,22H,8,10,12-13H2,(H2,19,23)/t16-/m1/s1. The molecule has 2 rings (SSSR count). The topological polar surface area (TPSA) is 88.2 Å². The van der Waals surface area contributed by atoms with Gasteiger partial charge in [0.2, 0.25) is 0 Å². The SMILES string of the molecule is NC(=O)c1ncccc1CCNC[C@H](O)[CH]Cc1ccccc1. The van der Waals surface area contributed by atoms with Crippen LogP contribution < -0.4 is 11.1 Å². The molecule has 0 aliphatic rings. The molecule has 1 heterocycles. The van der Waals surface area contributed by atoms with Gasteiger partial charge in [-0.3, -0.25) is 9.78 Å². The number of aliphatic hydroxyl groups excluding tert-OH is 1. The van der Waals surface area contributed by atoms with Crippen LogP contribution in [0.1, 0.15) is 21.6 Å². The number of carbonyl (C=O) groups is 1. The molecular weight excluding hydrogens is 290 g/mol. The Morgan fingerprint density at radius 2 is 2.04 bits per heavy atom. The van der Waals surface area contributed by atoms with Crippen molar-refractivity contribution in [2.24, 2.45) is 5.73 Å². The molecule has 0 unspecified atom stereocenters. The number of pyridine rings is 1. The minimum atomic E-state index is -0.517. The second kappa shape index (κ2) is 9.02. The van der Waals surface area contributed by atoms with Crippen LogP contribution in [0.4, 0.5) is 0 Å². The number of nitrogens with zero attached hydrogens (tertiary/aromatic N) is 1. The van der Waals surface area contributed by atoms with Crippen molar-refractivity contribution in [1.82, 2.24) is 10.3 Å². The van der Waals surface area contributed by atoms with Gasteiger partial charge in [-0.15, -0.1) is 0 Å². The van der Waals surface area contributed by atoms with E-state index in [9.17, 15) is 9.90 Å². The first-order valence-electron chi connectivity index (χ1n) is 7.66. The highest BCUT2D eigenvalue weighted by molar-refractivity contribution is 5.92. The third kappa shape index (κ3) is 5.81. The van der Waals surface area contributed by atoms with Crippen LogP contribution in [0.2, 0.25) is 0 Å². The fraction of sp³-hybridized carbons (Fsp3) is 0.278. The third-order valence-electron chi connectivity index (χ3n) is 3.52. The molecule has 1 atom stereocenters. The van der Waals surface area contributed by atoms with Crippen LogP contribution >= 0.6 is 0 Å². The summed E-state index contributed by atoms with van der Waals surface area (Å²) in [4.78, 5) is 15.3. The van der Waals surface area contributed by atoms with E-state index in [2.05, 4.69) is 10.3 Å². The largest absolute Gasteiger partial charge is 0.391 e. The normalized spacial score (nSPS) is 12.0. The number of nitrogens with two attached hydrogens (primary N) is 1. The molecule has 23 heavy (non-hydrogen) atoms. The average molecular weight is 312 g/mol. The Labute approximate surface area is 136 Å². The van der Waals surface area contributed by atoms with Crippen molar-refractivity contribution in [3.05, 3.63) is 71.9 Å². The van der Waals surface area contributed by atoms with Crippen LogP contribution in [-0.2, 0) is 12.8 Å². The predicted octanol–water partition coefficient (Wildman–Crippen LogP) is 1.12. The third-order valence-corrected chi connectivity index (χ3v) is 3.52. The molecule has 1 amide bonds. The lowest BCUT2D eigenvalue weighted by molar-refractivity contribution is 0.0994. The average Bonchev–Trinajstić information content (AvgIpc) is 2.58. The van der Waals surface area contributed by atoms with Gasteiger partial charge in [-0.1, -0.05) is 36.4 Å². The summed E-state index contributed by atoms with van der Waals surface area (Å²) in [5, 5.41) is 13.1. The highest BCUT2D eigenvalue weighted by Crippen LogP contribution is 2.06. The minimum absolute atomic E-state index is 0.311. The first kappa shape index (κ1) is 17.1. The molecule has 0 aliphatic heterocycles. The maximum absolute atomic E-state index is 11.3. The number of carbonyl (C=O) groups excluding carboxylic acids is 1. The molecule has 4 N–H and O–H groups in total. The van der Waals surface area contributed by atoms with Gasteiger partial charge in [0.05, 0.1) is 6.10 Å². The highest BCUT2D eigenvalue weighted by atomic mass is 16.3. The van der Waals surface area contributed by atoms with E-state index in [-0.39, 0.29) is 0 Å². The van der Waals surface area contributed by atoms with E-state index >= 15 is 0 Å². The number of primary amides is 1. The molecule has 0 saturated carbocycles. The van der Waals surface area contributed by atoms with E-state index in [1.54, 1.807) is 12.3 Å². The number of aliphatic hydroxyl groups is 1. The van der Waals surface area contributed by atoms with Crippen molar-refractivity contribution in [3.8, 4) is 0 Å². The van der Waals surface area contributed by atoms with E-state index in [0.29, 0.717) is 25.2 Å². The van der Waals surface area contributed by atoms with Gasteiger partial charge in [-0.05, 0) is 43.0 Å². The van der Waals surface area contributed by atoms with Gasteiger partial charge in [0.15, 0.2) is 0 Å². The number of hydrogen-bond donors (Lipinski definition) is 3. The van der Waals surface area contributed by atoms with Crippen molar-refractivity contribution in [2.45, 2.75) is 18.9 Å². The van der Waals surface area contributed by atoms with E-state index in [1.165, 1.54) is 5.56 Å². The number of nitrogens with one attached hydrogen (secondary N) is 1. The van der Waals surface area contributed by atoms with Gasteiger partial charge in [0, 0.05) is 12.7 Å². The molecule has 5 heteroatoms. The lowest BCUT2D eigenvalue weighted by atomic mass is 10.1. The molecule has 121 valence electrons. The highest BCUT2D eigenvalue weighted by Gasteiger charge is 2.09. The summed E-state index contributed by atoms with van der Waals surface area (Å²) in [5.41, 5.74) is 7.59. The van der Waals surface area contributed by atoms with Gasteiger partial charge in [0.1, 0.15) is 5.69 Å². The number of hydrogen-bond acceptors (Lipinski definition) is 4. The van der Waals surface area contributed by atoms with Crippen LogP contribution in [0.25, 0.3) is 0 Å². The number of benzene rings is 1. The Morgan fingerprint density at radius 1 is 1.26 bits per heavy atom. The van der Waals surface area contributed by atoms with Crippen molar-refractivity contribution in [2.75, 3.05) is 13.1 Å². The maximum Gasteiger partial charge on any atom is 0.267 e. The smallest absolute Gasteiger partial charge is 0.267 e. The van der Waals surface area contributed by atoms with Crippen LogP contribution in [0.5, 0.6) is 0 Å². The Morgan fingerprint density at radius 3 is 2.78 bits per heavy atom. The lowest BCUT2D eigenvalue weighted by Gasteiger charge is -2.12. The molecule has 0 saturated heterocycles. The number of amides is 1. The summed E-state index contributed by atoms with van der Waals surface area (Å²) in [7, 11) is 0. The summed E-state index contributed by atoms with van der Waals surface area (Å²) >= 11 is 0. The Bertz CT molecular complexity index is 617. The van der Waals surface area contributed by atoms with Gasteiger partial charge in [0.25, 0.3) is 5.91 Å². The second-order valence-electron chi connectivity index (χ2n) is 5.32. The van der Waals surface area contributed by atoms with Crippen molar-refractivity contribution < 1.29 is 9.90 Å². The van der Waals surface area contributed by atoms with Gasteiger partial charge in [-0.2, -0.15) is 0 Å². The molecule has 0 spiro atoms. The van der Waals surface area contributed by atoms with E-state index < -0.39 is 12.0 Å². The van der Waals surface area contributed by atoms with E-state index in [1.807, 2.05) is 42.8 Å². The number of aromatic nitrogens is 1. The molecule has 0 bridgehead atoms. The first-order chi connectivity index (χ1) is 11.2. The van der Waals surface area contributed by atoms with Crippen LogP contribution in [-0.4, -0.2) is 35.2 Å². The molecule has 5 nitrogen and oxygen atoms in total. The molecular formula is C18H22N3O2. The summed E-state index contributed by atoms with van der Waals surface area (Å²) in [6.07, 6.45) is 4.29. The van der Waals surface area contributed by atoms with Crippen molar-refractivity contribution in [3.63, 3.8) is 0 Å². The monoisotopic (exact) mass is 312 g/mol. The summed E-state index contributed by atoms with van der Waals surface area (Å²) in [6.45, 7) is 1.11. The fourth-order valence-corrected chi connectivity index (χ4v) is 2.30. The molecule has 1 aromatic heterocycles. The molecule has 1 radical (unpaired) electrons. The summed E-state index contributed by atoms with van der Waals surface area (Å²) < 4.78 is 0. The van der Waals surface area contributed by atoms with Crippen LogP contribution in [0, 0.1) is 6.42 Å². The van der Waals surface area contributed by atoms with Crippen LogP contribution in [0.15, 0.2) is 48.7 Å². The second-order valence-corrected chi connectivity index (χ2v) is 5.32. The molecule has 1 aromatic carbocycles. The number of rotatable bonds is 9. The Balaban J connectivity index is 1.68. The lowest BCUT2D eigenvalue weighted by Crippen LogP contribution is -2.29. The first-order valence-corrected chi connectivity index (χ1v) is 7.66.